The molecule has 0 aromatic heterocycles. The number of unbranched alkanes of at least 4 members (excludes halogenated alkanes) is 4. The second-order valence-corrected chi connectivity index (χ2v) is 5.51. The fraction of sp³-hybridized carbons (Fsp3) is 1.00. The molecular weight excluding hydrogens is 182 g/mol. The van der Waals surface area contributed by atoms with E-state index in [1.807, 2.05) is 0 Å². The van der Waals surface area contributed by atoms with E-state index in [1.165, 1.54) is 51.4 Å². The van der Waals surface area contributed by atoms with Gasteiger partial charge in [0, 0.05) is 5.54 Å². The highest BCUT2D eigenvalue weighted by atomic mass is 14.7. The van der Waals surface area contributed by atoms with Crippen molar-refractivity contribution in [3.63, 3.8) is 0 Å². The van der Waals surface area contributed by atoms with Crippen LogP contribution in [0.3, 0.4) is 0 Å². The van der Waals surface area contributed by atoms with E-state index in [1.54, 1.807) is 0 Å². The van der Waals surface area contributed by atoms with Crippen LogP contribution in [0.25, 0.3) is 0 Å². The van der Waals surface area contributed by atoms with Crippen LogP contribution in [0, 0.1) is 5.92 Å². The summed E-state index contributed by atoms with van der Waals surface area (Å²) in [5.74, 6) is 0.717. The van der Waals surface area contributed by atoms with Crippen LogP contribution in [0.2, 0.25) is 0 Å². The zero-order valence-corrected chi connectivity index (χ0v) is 11.3. The number of nitrogens with two attached hydrogens (primary N) is 1. The molecule has 0 aliphatic heterocycles. The lowest BCUT2D eigenvalue weighted by molar-refractivity contribution is 0.269. The van der Waals surface area contributed by atoms with Crippen LogP contribution >= 0.6 is 0 Å². The molecule has 0 aliphatic rings. The molecule has 0 spiro atoms. The van der Waals surface area contributed by atoms with E-state index in [4.69, 9.17) is 5.73 Å². The SMILES string of the molecule is CCCCCCC(CCCC)C(C)(C)N. The predicted molar refractivity (Wildman–Crippen MR) is 70.0 cm³/mol. The normalized spacial score (nSPS) is 14.2. The van der Waals surface area contributed by atoms with Gasteiger partial charge in [0.25, 0.3) is 0 Å². The van der Waals surface area contributed by atoms with Gasteiger partial charge in [-0.15, -0.1) is 0 Å². The molecule has 0 rings (SSSR count). The summed E-state index contributed by atoms with van der Waals surface area (Å²) < 4.78 is 0. The summed E-state index contributed by atoms with van der Waals surface area (Å²) >= 11 is 0. The zero-order valence-electron chi connectivity index (χ0n) is 11.3. The molecule has 1 nitrogen and oxygen atoms in total. The molecule has 2 N–H and O–H groups in total. The first-order valence-corrected chi connectivity index (χ1v) is 6.81. The molecule has 0 saturated carbocycles. The highest BCUT2D eigenvalue weighted by molar-refractivity contribution is 4.81. The summed E-state index contributed by atoms with van der Waals surface area (Å²) in [6, 6.07) is 0. The lowest BCUT2D eigenvalue weighted by Gasteiger charge is -2.30. The number of hydrogen-bond acceptors (Lipinski definition) is 1. The third kappa shape index (κ3) is 7.84. The van der Waals surface area contributed by atoms with E-state index in [-0.39, 0.29) is 5.54 Å². The molecule has 0 fully saturated rings. The van der Waals surface area contributed by atoms with Crippen molar-refractivity contribution in [2.45, 2.75) is 84.6 Å². The van der Waals surface area contributed by atoms with Crippen LogP contribution < -0.4 is 5.73 Å². The smallest absolute Gasteiger partial charge is 0.0125 e. The molecule has 0 aliphatic carbocycles. The Morgan fingerprint density at radius 1 is 0.867 bits per heavy atom. The van der Waals surface area contributed by atoms with E-state index < -0.39 is 0 Å². The largest absolute Gasteiger partial charge is 0.325 e. The van der Waals surface area contributed by atoms with Crippen LogP contribution in [-0.4, -0.2) is 5.54 Å². The third-order valence-corrected chi connectivity index (χ3v) is 3.36. The quantitative estimate of drug-likeness (QED) is 0.561. The van der Waals surface area contributed by atoms with Crippen molar-refractivity contribution in [1.82, 2.24) is 0 Å². The standard InChI is InChI=1S/C14H31N/c1-5-7-9-10-12-13(11-8-6-2)14(3,4)15/h13H,5-12,15H2,1-4H3. The summed E-state index contributed by atoms with van der Waals surface area (Å²) in [6.45, 7) is 8.90. The third-order valence-electron chi connectivity index (χ3n) is 3.36. The zero-order chi connectivity index (χ0) is 11.7. The molecule has 1 unspecified atom stereocenters. The Kier molecular flexibility index (Phi) is 8.13. The molecule has 0 amide bonds. The second-order valence-electron chi connectivity index (χ2n) is 5.51. The van der Waals surface area contributed by atoms with Gasteiger partial charge in [-0.2, -0.15) is 0 Å². The first kappa shape index (κ1) is 15.0. The highest BCUT2D eigenvalue weighted by Crippen LogP contribution is 2.26. The Morgan fingerprint density at radius 2 is 1.40 bits per heavy atom. The first-order valence-electron chi connectivity index (χ1n) is 6.81. The number of rotatable bonds is 9. The van der Waals surface area contributed by atoms with Gasteiger partial charge in [-0.1, -0.05) is 52.4 Å². The van der Waals surface area contributed by atoms with Crippen molar-refractivity contribution in [2.24, 2.45) is 11.7 Å². The van der Waals surface area contributed by atoms with Crippen LogP contribution in [0.1, 0.15) is 79.1 Å². The molecule has 0 saturated heterocycles. The minimum atomic E-state index is 0.0153. The lowest BCUT2D eigenvalue weighted by Crippen LogP contribution is -2.40. The number of hydrogen-bond donors (Lipinski definition) is 1. The van der Waals surface area contributed by atoms with Gasteiger partial charge in [-0.05, 0) is 32.6 Å². The second kappa shape index (κ2) is 8.15. The molecule has 0 bridgehead atoms. The molecule has 0 radical (unpaired) electrons. The predicted octanol–water partition coefficient (Wildman–Crippen LogP) is 4.50. The maximum atomic E-state index is 6.24. The van der Waals surface area contributed by atoms with Crippen LogP contribution in [0.15, 0.2) is 0 Å². The van der Waals surface area contributed by atoms with E-state index >= 15 is 0 Å². The van der Waals surface area contributed by atoms with E-state index in [0.29, 0.717) is 5.92 Å². The Balaban J connectivity index is 3.81. The first-order chi connectivity index (χ1) is 7.02. The molecule has 15 heavy (non-hydrogen) atoms. The molecular formula is C14H31N. The maximum Gasteiger partial charge on any atom is 0.0125 e. The van der Waals surface area contributed by atoms with Gasteiger partial charge >= 0.3 is 0 Å². The summed E-state index contributed by atoms with van der Waals surface area (Å²) in [5, 5.41) is 0. The Hall–Kier alpha value is -0.0400. The van der Waals surface area contributed by atoms with Crippen molar-refractivity contribution in [2.75, 3.05) is 0 Å². The topological polar surface area (TPSA) is 26.0 Å². The summed E-state index contributed by atoms with van der Waals surface area (Å²) in [4.78, 5) is 0. The van der Waals surface area contributed by atoms with Crippen molar-refractivity contribution >= 4 is 0 Å². The average Bonchev–Trinajstić information content (AvgIpc) is 2.15. The van der Waals surface area contributed by atoms with Gasteiger partial charge in [0.05, 0.1) is 0 Å². The molecule has 92 valence electrons. The van der Waals surface area contributed by atoms with E-state index in [9.17, 15) is 0 Å². The maximum absolute atomic E-state index is 6.24. The van der Waals surface area contributed by atoms with Crippen LogP contribution in [-0.2, 0) is 0 Å². The molecule has 0 heterocycles. The van der Waals surface area contributed by atoms with E-state index in [0.717, 1.165) is 0 Å². The molecule has 1 atom stereocenters. The summed E-state index contributed by atoms with van der Waals surface area (Å²) in [7, 11) is 0. The van der Waals surface area contributed by atoms with Crippen molar-refractivity contribution in [1.29, 1.82) is 0 Å². The monoisotopic (exact) mass is 213 g/mol. The minimum absolute atomic E-state index is 0.0153. The van der Waals surface area contributed by atoms with Gasteiger partial charge in [0.2, 0.25) is 0 Å². The van der Waals surface area contributed by atoms with Gasteiger partial charge in [0.1, 0.15) is 0 Å². The lowest BCUT2D eigenvalue weighted by atomic mass is 9.81. The fourth-order valence-electron chi connectivity index (χ4n) is 2.16. The Morgan fingerprint density at radius 3 is 1.87 bits per heavy atom. The van der Waals surface area contributed by atoms with Gasteiger partial charge in [-0.3, -0.25) is 0 Å². The minimum Gasteiger partial charge on any atom is -0.325 e. The highest BCUT2D eigenvalue weighted by Gasteiger charge is 2.23. The van der Waals surface area contributed by atoms with Crippen molar-refractivity contribution in [3.05, 3.63) is 0 Å². The summed E-state index contributed by atoms with van der Waals surface area (Å²) in [6.07, 6.45) is 10.7. The van der Waals surface area contributed by atoms with Crippen molar-refractivity contribution < 1.29 is 0 Å². The van der Waals surface area contributed by atoms with E-state index in [2.05, 4.69) is 27.7 Å². The Bertz CT molecular complexity index is 135. The molecule has 0 aromatic rings. The van der Waals surface area contributed by atoms with Crippen LogP contribution in [0.4, 0.5) is 0 Å². The van der Waals surface area contributed by atoms with Gasteiger partial charge in [-0.25, -0.2) is 0 Å². The van der Waals surface area contributed by atoms with Crippen molar-refractivity contribution in [3.8, 4) is 0 Å². The fourth-order valence-corrected chi connectivity index (χ4v) is 2.16. The average molecular weight is 213 g/mol. The molecule has 1 heteroatoms. The van der Waals surface area contributed by atoms with Gasteiger partial charge < -0.3 is 5.73 Å². The summed E-state index contributed by atoms with van der Waals surface area (Å²) in [5.41, 5.74) is 6.25. The Labute approximate surface area is 96.8 Å². The van der Waals surface area contributed by atoms with Gasteiger partial charge in [0.15, 0.2) is 0 Å². The molecule has 0 aromatic carbocycles. The van der Waals surface area contributed by atoms with Crippen LogP contribution in [0.5, 0.6) is 0 Å².